The summed E-state index contributed by atoms with van der Waals surface area (Å²) in [7, 11) is 0. The normalized spacial score (nSPS) is 21.8. The van der Waals surface area contributed by atoms with Gasteiger partial charge in [-0.3, -0.25) is 14.7 Å². The molecular formula is C22H22N4O2. The van der Waals surface area contributed by atoms with E-state index in [1.165, 1.54) is 6.26 Å². The van der Waals surface area contributed by atoms with Gasteiger partial charge < -0.3 is 9.42 Å². The molecule has 2 aromatic heterocycles. The van der Waals surface area contributed by atoms with E-state index in [9.17, 15) is 4.79 Å². The highest BCUT2D eigenvalue weighted by molar-refractivity contribution is 5.99. The fourth-order valence-electron chi connectivity index (χ4n) is 4.47. The van der Waals surface area contributed by atoms with Crippen molar-refractivity contribution in [3.8, 4) is 11.3 Å². The van der Waals surface area contributed by atoms with Crippen LogP contribution in [-0.4, -0.2) is 51.5 Å². The molecule has 6 nitrogen and oxygen atoms in total. The zero-order chi connectivity index (χ0) is 18.9. The highest BCUT2D eigenvalue weighted by Crippen LogP contribution is 2.34. The maximum absolute atomic E-state index is 13.2. The Morgan fingerprint density at radius 3 is 2.79 bits per heavy atom. The Balaban J connectivity index is 1.32. The van der Waals surface area contributed by atoms with E-state index in [0.29, 0.717) is 23.2 Å². The predicted molar refractivity (Wildman–Crippen MR) is 104 cm³/mol. The van der Waals surface area contributed by atoms with Crippen LogP contribution in [0.2, 0.25) is 0 Å². The lowest BCUT2D eigenvalue weighted by Crippen LogP contribution is -2.37. The molecule has 0 unspecified atom stereocenters. The predicted octanol–water partition coefficient (Wildman–Crippen LogP) is 3.08. The van der Waals surface area contributed by atoms with Crippen molar-refractivity contribution in [2.75, 3.05) is 19.6 Å². The summed E-state index contributed by atoms with van der Waals surface area (Å²) in [5.74, 6) is 0.528. The molecule has 0 saturated carbocycles. The largest absolute Gasteiger partial charge is 0.363 e. The Kier molecular flexibility index (Phi) is 4.41. The molecule has 142 valence electrons. The topological polar surface area (TPSA) is 62.5 Å². The van der Waals surface area contributed by atoms with E-state index in [1.807, 2.05) is 53.6 Å². The number of rotatable bonds is 4. The summed E-state index contributed by atoms with van der Waals surface area (Å²) in [5, 5.41) is 4.08. The molecule has 0 spiro atoms. The Morgan fingerprint density at radius 2 is 1.96 bits per heavy atom. The molecule has 0 radical (unpaired) electrons. The molecule has 0 bridgehead atoms. The Bertz CT molecular complexity index is 957. The Labute approximate surface area is 163 Å². The van der Waals surface area contributed by atoms with Gasteiger partial charge in [-0.05, 0) is 31.0 Å². The van der Waals surface area contributed by atoms with Crippen molar-refractivity contribution in [3.63, 3.8) is 0 Å². The highest BCUT2D eigenvalue weighted by atomic mass is 16.5. The summed E-state index contributed by atoms with van der Waals surface area (Å²) in [6.45, 7) is 3.44. The van der Waals surface area contributed by atoms with Crippen LogP contribution >= 0.6 is 0 Å². The number of hydrogen-bond acceptors (Lipinski definition) is 5. The molecule has 2 saturated heterocycles. The van der Waals surface area contributed by atoms with Gasteiger partial charge in [0, 0.05) is 37.4 Å². The molecule has 3 aromatic rings. The second kappa shape index (κ2) is 7.20. The number of amides is 1. The maximum Gasteiger partial charge on any atom is 0.259 e. The van der Waals surface area contributed by atoms with Crippen LogP contribution in [-0.2, 0) is 6.54 Å². The summed E-state index contributed by atoms with van der Waals surface area (Å²) in [5.41, 5.74) is 3.14. The Hall–Kier alpha value is -2.99. The summed E-state index contributed by atoms with van der Waals surface area (Å²) < 4.78 is 5.16. The third-order valence-electron chi connectivity index (χ3n) is 5.89. The van der Waals surface area contributed by atoms with Crippen molar-refractivity contribution in [2.24, 2.45) is 5.92 Å². The van der Waals surface area contributed by atoms with E-state index >= 15 is 0 Å². The zero-order valence-corrected chi connectivity index (χ0v) is 15.6. The number of benzene rings is 1. The molecule has 1 aromatic carbocycles. The van der Waals surface area contributed by atoms with Crippen LogP contribution in [0, 0.1) is 5.92 Å². The minimum atomic E-state index is 0.00675. The average Bonchev–Trinajstić information content (AvgIpc) is 3.46. The minimum absolute atomic E-state index is 0.00675. The first-order valence-electron chi connectivity index (χ1n) is 9.72. The van der Waals surface area contributed by atoms with Gasteiger partial charge in [-0.25, -0.2) is 0 Å². The van der Waals surface area contributed by atoms with Gasteiger partial charge in [-0.1, -0.05) is 41.6 Å². The SMILES string of the molecule is O=C(c1conc1-c1ccccc1)N1C[C@@H]2CCN(Cc3ccccn3)[C@@H]2C1. The van der Waals surface area contributed by atoms with Gasteiger partial charge in [0.15, 0.2) is 0 Å². The molecular weight excluding hydrogens is 352 g/mol. The number of carbonyl (C=O) groups excluding carboxylic acids is 1. The molecule has 4 heterocycles. The van der Waals surface area contributed by atoms with Crippen LogP contribution in [0.1, 0.15) is 22.5 Å². The zero-order valence-electron chi connectivity index (χ0n) is 15.6. The van der Waals surface area contributed by atoms with Gasteiger partial charge in [-0.15, -0.1) is 0 Å². The number of nitrogens with zero attached hydrogens (tertiary/aromatic N) is 4. The molecule has 2 aliphatic rings. The van der Waals surface area contributed by atoms with Crippen molar-refractivity contribution < 1.29 is 9.32 Å². The first-order chi connectivity index (χ1) is 13.8. The summed E-state index contributed by atoms with van der Waals surface area (Å²) >= 11 is 0. The standard InChI is InChI=1S/C22H22N4O2/c27-22(19-15-28-24-21(19)16-6-2-1-3-7-16)26-12-17-9-11-25(20(17)14-26)13-18-8-4-5-10-23-18/h1-8,10,15,17,20H,9,11-14H2/t17-,20+/m0/s1. The minimum Gasteiger partial charge on any atom is -0.363 e. The van der Waals surface area contributed by atoms with E-state index < -0.39 is 0 Å². The molecule has 28 heavy (non-hydrogen) atoms. The quantitative estimate of drug-likeness (QED) is 0.702. The van der Waals surface area contributed by atoms with Crippen LogP contribution < -0.4 is 0 Å². The van der Waals surface area contributed by atoms with Crippen LogP contribution in [0.4, 0.5) is 0 Å². The van der Waals surface area contributed by atoms with E-state index in [2.05, 4.69) is 21.1 Å². The van der Waals surface area contributed by atoms with Crippen molar-refractivity contribution >= 4 is 5.91 Å². The molecule has 0 N–H and O–H groups in total. The lowest BCUT2D eigenvalue weighted by molar-refractivity contribution is 0.0770. The van der Waals surface area contributed by atoms with Gasteiger partial charge in [0.05, 0.1) is 5.69 Å². The molecule has 2 atom stereocenters. The van der Waals surface area contributed by atoms with E-state index in [-0.39, 0.29) is 5.91 Å². The van der Waals surface area contributed by atoms with Crippen molar-refractivity contribution in [2.45, 2.75) is 19.0 Å². The highest BCUT2D eigenvalue weighted by Gasteiger charge is 2.43. The number of aromatic nitrogens is 2. The van der Waals surface area contributed by atoms with Gasteiger partial charge in [-0.2, -0.15) is 0 Å². The number of pyridine rings is 1. The first kappa shape index (κ1) is 17.1. The maximum atomic E-state index is 13.2. The number of likely N-dealkylation sites (tertiary alicyclic amines) is 2. The molecule has 5 rings (SSSR count). The van der Waals surface area contributed by atoms with E-state index in [1.54, 1.807) is 0 Å². The van der Waals surface area contributed by atoms with Gasteiger partial charge >= 0.3 is 0 Å². The van der Waals surface area contributed by atoms with Crippen molar-refractivity contribution in [1.29, 1.82) is 0 Å². The molecule has 1 amide bonds. The lowest BCUT2D eigenvalue weighted by atomic mass is 10.1. The molecule has 6 heteroatoms. The lowest BCUT2D eigenvalue weighted by Gasteiger charge is -2.24. The molecule has 2 aliphatic heterocycles. The van der Waals surface area contributed by atoms with E-state index in [4.69, 9.17) is 4.52 Å². The smallest absolute Gasteiger partial charge is 0.259 e. The molecule has 2 fully saturated rings. The number of fused-ring (bicyclic) bond motifs is 1. The average molecular weight is 374 g/mol. The van der Waals surface area contributed by atoms with Crippen LogP contribution in [0.15, 0.2) is 65.5 Å². The van der Waals surface area contributed by atoms with Gasteiger partial charge in [0.25, 0.3) is 5.91 Å². The van der Waals surface area contributed by atoms with E-state index in [0.717, 1.165) is 43.9 Å². The summed E-state index contributed by atoms with van der Waals surface area (Å²) in [6, 6.07) is 16.1. The fourth-order valence-corrected chi connectivity index (χ4v) is 4.47. The summed E-state index contributed by atoms with van der Waals surface area (Å²) in [6.07, 6.45) is 4.44. The second-order valence-corrected chi connectivity index (χ2v) is 7.56. The molecule has 0 aliphatic carbocycles. The van der Waals surface area contributed by atoms with Crippen LogP contribution in [0.3, 0.4) is 0 Å². The first-order valence-corrected chi connectivity index (χ1v) is 9.72. The monoisotopic (exact) mass is 374 g/mol. The number of carbonyl (C=O) groups is 1. The van der Waals surface area contributed by atoms with Crippen molar-refractivity contribution in [1.82, 2.24) is 19.9 Å². The third-order valence-corrected chi connectivity index (χ3v) is 5.89. The number of hydrogen-bond donors (Lipinski definition) is 0. The third kappa shape index (κ3) is 3.10. The van der Waals surface area contributed by atoms with Crippen molar-refractivity contribution in [3.05, 3.63) is 72.2 Å². The van der Waals surface area contributed by atoms with Crippen LogP contribution in [0.5, 0.6) is 0 Å². The van der Waals surface area contributed by atoms with Crippen LogP contribution in [0.25, 0.3) is 11.3 Å². The van der Waals surface area contributed by atoms with Gasteiger partial charge in [0.2, 0.25) is 0 Å². The second-order valence-electron chi connectivity index (χ2n) is 7.56. The Morgan fingerprint density at radius 1 is 1.11 bits per heavy atom. The van der Waals surface area contributed by atoms with Gasteiger partial charge in [0.1, 0.15) is 17.5 Å². The summed E-state index contributed by atoms with van der Waals surface area (Å²) in [4.78, 5) is 22.1. The fraction of sp³-hybridized carbons (Fsp3) is 0.318.